The maximum Gasteiger partial charge on any atom is 0.325 e. The number of carbonyl (C=O) groups is 1. The predicted octanol–water partition coefficient (Wildman–Crippen LogP) is 3.39. The summed E-state index contributed by atoms with van der Waals surface area (Å²) in [5.41, 5.74) is 1.56. The molecule has 1 unspecified atom stereocenters. The van der Waals surface area contributed by atoms with E-state index >= 15 is 0 Å². The molecule has 2 amide bonds. The minimum Gasteiger partial charge on any atom is -0.454 e. The molecule has 0 spiro atoms. The highest BCUT2D eigenvalue weighted by Crippen LogP contribution is 2.47. The van der Waals surface area contributed by atoms with Crippen LogP contribution in [0.3, 0.4) is 0 Å². The summed E-state index contributed by atoms with van der Waals surface area (Å²) in [6, 6.07) is 7.67. The van der Waals surface area contributed by atoms with Gasteiger partial charge in [0.05, 0.1) is 29.3 Å². The predicted molar refractivity (Wildman–Crippen MR) is 125 cm³/mol. The average Bonchev–Trinajstić information content (AvgIpc) is 3.19. The van der Waals surface area contributed by atoms with Crippen molar-refractivity contribution in [3.63, 3.8) is 0 Å². The zero-order valence-electron chi connectivity index (χ0n) is 19.4. The number of carbonyl (C=O) groups excluding carboxylic acids is 1. The summed E-state index contributed by atoms with van der Waals surface area (Å²) in [5, 5.41) is 3.49. The number of nitrogens with one attached hydrogen (secondary N) is 1. The highest BCUT2D eigenvalue weighted by molar-refractivity contribution is 5.94. The minimum atomic E-state index is -0.316. The molecule has 1 aromatic carbocycles. The first-order valence-electron chi connectivity index (χ1n) is 11.5. The van der Waals surface area contributed by atoms with Crippen molar-refractivity contribution in [2.24, 2.45) is 5.92 Å². The van der Waals surface area contributed by atoms with E-state index in [1.54, 1.807) is 28.4 Å². The molecule has 4 heterocycles. The first-order chi connectivity index (χ1) is 16.4. The molecule has 1 saturated carbocycles. The van der Waals surface area contributed by atoms with Gasteiger partial charge in [-0.2, -0.15) is 4.98 Å². The number of nitrogens with zero attached hydrogens (tertiary/aromatic N) is 6. The van der Waals surface area contributed by atoms with E-state index in [2.05, 4.69) is 29.1 Å². The second-order valence-electron chi connectivity index (χ2n) is 9.49. The van der Waals surface area contributed by atoms with Gasteiger partial charge in [-0.05, 0) is 37.0 Å². The third-order valence-corrected chi connectivity index (χ3v) is 6.81. The molecule has 0 radical (unpaired) electrons. The summed E-state index contributed by atoms with van der Waals surface area (Å²) in [7, 11) is 1.83. The van der Waals surface area contributed by atoms with Crippen molar-refractivity contribution < 1.29 is 14.3 Å². The van der Waals surface area contributed by atoms with Crippen LogP contribution in [0.15, 0.2) is 43.0 Å². The van der Waals surface area contributed by atoms with Crippen LogP contribution in [0.2, 0.25) is 0 Å². The van der Waals surface area contributed by atoms with Gasteiger partial charge in [-0.1, -0.05) is 13.8 Å². The SMILES string of the molecule is CC(C)C1CN(C)C(=O)N1c1ccnc(NC2(c3cn(-c4ccc5c(c4)OCO5)cn3)CC2)n1. The molecule has 10 heteroatoms. The number of rotatable bonds is 6. The minimum absolute atomic E-state index is 0.0352. The van der Waals surface area contributed by atoms with Gasteiger partial charge >= 0.3 is 6.03 Å². The Labute approximate surface area is 197 Å². The van der Waals surface area contributed by atoms with Crippen molar-refractivity contribution >= 4 is 17.8 Å². The summed E-state index contributed by atoms with van der Waals surface area (Å²) in [6.45, 7) is 5.18. The molecule has 34 heavy (non-hydrogen) atoms. The zero-order valence-corrected chi connectivity index (χ0v) is 19.4. The Morgan fingerprint density at radius 3 is 2.76 bits per heavy atom. The molecule has 1 saturated heterocycles. The van der Waals surface area contributed by atoms with Gasteiger partial charge in [-0.15, -0.1) is 0 Å². The number of hydrogen-bond donors (Lipinski definition) is 1. The van der Waals surface area contributed by atoms with Gasteiger partial charge < -0.3 is 24.3 Å². The second kappa shape index (κ2) is 7.61. The summed E-state index contributed by atoms with van der Waals surface area (Å²) in [6.07, 6.45) is 7.39. The maximum absolute atomic E-state index is 12.8. The van der Waals surface area contributed by atoms with E-state index in [9.17, 15) is 4.79 Å². The van der Waals surface area contributed by atoms with Crippen molar-refractivity contribution in [2.45, 2.75) is 38.3 Å². The molecule has 1 N–H and O–H groups in total. The van der Waals surface area contributed by atoms with Gasteiger partial charge in [0, 0.05) is 32.1 Å². The lowest BCUT2D eigenvalue weighted by atomic mass is 10.0. The molecule has 176 valence electrons. The Morgan fingerprint density at radius 2 is 1.97 bits per heavy atom. The van der Waals surface area contributed by atoms with Crippen molar-refractivity contribution in [3.05, 3.63) is 48.7 Å². The fourth-order valence-corrected chi connectivity index (χ4v) is 4.63. The number of ether oxygens (including phenoxy) is 2. The molecule has 0 bridgehead atoms. The van der Waals surface area contributed by atoms with Crippen molar-refractivity contribution in [1.29, 1.82) is 0 Å². The first-order valence-corrected chi connectivity index (χ1v) is 11.5. The largest absolute Gasteiger partial charge is 0.454 e. The standard InChI is InChI=1S/C24H27N7O3/c1-15(2)17-11-29(3)23(32)31(17)21-6-9-25-22(27-21)28-24(7-8-24)20-12-30(13-26-20)16-4-5-18-19(10-16)34-14-33-18/h4-6,9-10,12-13,15,17H,7-8,11,14H2,1-3H3,(H,25,27,28). The van der Waals surface area contributed by atoms with Crippen molar-refractivity contribution in [3.8, 4) is 17.2 Å². The quantitative estimate of drug-likeness (QED) is 0.601. The van der Waals surface area contributed by atoms with E-state index < -0.39 is 0 Å². The Balaban J connectivity index is 1.24. The van der Waals surface area contributed by atoms with Crippen molar-refractivity contribution in [1.82, 2.24) is 24.4 Å². The van der Waals surface area contributed by atoms with Crippen LogP contribution >= 0.6 is 0 Å². The van der Waals surface area contributed by atoms with E-state index in [0.29, 0.717) is 24.2 Å². The van der Waals surface area contributed by atoms with Crippen LogP contribution in [-0.4, -0.2) is 56.9 Å². The Hall–Kier alpha value is -3.82. The molecule has 2 aromatic heterocycles. The summed E-state index contributed by atoms with van der Waals surface area (Å²) in [5.74, 6) is 2.92. The molecule has 10 nitrogen and oxygen atoms in total. The van der Waals surface area contributed by atoms with Crippen LogP contribution in [-0.2, 0) is 5.54 Å². The number of likely N-dealkylation sites (N-methyl/N-ethyl adjacent to an activating group) is 1. The van der Waals surface area contributed by atoms with E-state index in [4.69, 9.17) is 14.5 Å². The van der Waals surface area contributed by atoms with Gasteiger partial charge in [0.15, 0.2) is 11.5 Å². The molecule has 6 rings (SSSR count). The fraction of sp³-hybridized carbons (Fsp3) is 0.417. The molecule has 1 aliphatic carbocycles. The Bertz CT molecular complexity index is 1250. The number of urea groups is 1. The van der Waals surface area contributed by atoms with Crippen LogP contribution in [0, 0.1) is 5.92 Å². The number of amides is 2. The second-order valence-corrected chi connectivity index (χ2v) is 9.49. The van der Waals surface area contributed by atoms with Crippen LogP contribution in [0.25, 0.3) is 5.69 Å². The lowest BCUT2D eigenvalue weighted by molar-refractivity contribution is 0.174. The summed E-state index contributed by atoms with van der Waals surface area (Å²) in [4.78, 5) is 30.2. The molecule has 3 aliphatic rings. The van der Waals surface area contributed by atoms with E-state index in [-0.39, 0.29) is 24.4 Å². The summed E-state index contributed by atoms with van der Waals surface area (Å²) < 4.78 is 12.9. The smallest absolute Gasteiger partial charge is 0.325 e. The first kappa shape index (κ1) is 20.8. The van der Waals surface area contributed by atoms with Crippen LogP contribution in [0.1, 0.15) is 32.4 Å². The number of hydrogen-bond acceptors (Lipinski definition) is 7. The van der Waals surface area contributed by atoms with E-state index in [1.165, 1.54) is 0 Å². The van der Waals surface area contributed by atoms with Gasteiger partial charge in [-0.25, -0.2) is 14.8 Å². The van der Waals surface area contributed by atoms with Gasteiger partial charge in [-0.3, -0.25) is 4.90 Å². The van der Waals surface area contributed by atoms with Crippen LogP contribution < -0.4 is 19.7 Å². The molecule has 2 fully saturated rings. The zero-order chi connectivity index (χ0) is 23.4. The van der Waals surface area contributed by atoms with Crippen LogP contribution in [0.5, 0.6) is 11.5 Å². The third kappa shape index (κ3) is 3.41. The normalized spacial score (nSPS) is 20.4. The lowest BCUT2D eigenvalue weighted by Gasteiger charge is -2.25. The molecule has 2 aliphatic heterocycles. The highest BCUT2D eigenvalue weighted by Gasteiger charge is 2.47. The molecular formula is C24H27N7O3. The molecule has 3 aromatic rings. The Kier molecular flexibility index (Phi) is 4.65. The monoisotopic (exact) mass is 461 g/mol. The van der Waals surface area contributed by atoms with Crippen molar-refractivity contribution in [2.75, 3.05) is 30.6 Å². The topological polar surface area (TPSA) is 97.6 Å². The number of benzene rings is 1. The molecule has 1 atom stereocenters. The van der Waals surface area contributed by atoms with E-state index in [0.717, 1.165) is 35.7 Å². The average molecular weight is 462 g/mol. The fourth-order valence-electron chi connectivity index (χ4n) is 4.63. The number of fused-ring (bicyclic) bond motifs is 1. The molecular weight excluding hydrogens is 434 g/mol. The van der Waals surface area contributed by atoms with Crippen LogP contribution in [0.4, 0.5) is 16.6 Å². The lowest BCUT2D eigenvalue weighted by Crippen LogP contribution is -2.38. The van der Waals surface area contributed by atoms with E-state index in [1.807, 2.05) is 36.0 Å². The maximum atomic E-state index is 12.8. The van der Waals surface area contributed by atoms with Gasteiger partial charge in [0.2, 0.25) is 12.7 Å². The third-order valence-electron chi connectivity index (χ3n) is 6.81. The van der Waals surface area contributed by atoms with Gasteiger partial charge in [0.1, 0.15) is 5.82 Å². The van der Waals surface area contributed by atoms with Gasteiger partial charge in [0.25, 0.3) is 0 Å². The highest BCUT2D eigenvalue weighted by atomic mass is 16.7. The Morgan fingerprint density at radius 1 is 1.15 bits per heavy atom. The summed E-state index contributed by atoms with van der Waals surface area (Å²) >= 11 is 0. The number of imidazole rings is 1. The number of aromatic nitrogens is 4. The number of anilines is 2.